The number of hydrogen-bond acceptors (Lipinski definition) is 1. The first-order valence-electron chi connectivity index (χ1n) is 27.6. The van der Waals surface area contributed by atoms with Crippen LogP contribution in [0.4, 0.5) is 17.1 Å². The third kappa shape index (κ3) is 7.31. The van der Waals surface area contributed by atoms with Crippen LogP contribution in [0.5, 0.6) is 0 Å². The van der Waals surface area contributed by atoms with Crippen LogP contribution in [0.1, 0.15) is 52.8 Å². The Kier molecular flexibility index (Phi) is 10.7. The zero-order valence-corrected chi connectivity index (χ0v) is 44.3. The van der Waals surface area contributed by atoms with Crippen LogP contribution in [-0.2, 0) is 10.8 Å². The largest absolute Gasteiger partial charge is 0.310 e. The van der Waals surface area contributed by atoms with Crippen molar-refractivity contribution < 1.29 is 0 Å². The molecule has 3 aliphatic carbocycles. The topological polar surface area (TPSA) is 3.24 Å². The van der Waals surface area contributed by atoms with Crippen LogP contribution in [0.25, 0.3) is 95.1 Å². The summed E-state index contributed by atoms with van der Waals surface area (Å²) in [5.41, 5.74) is 31.9. The van der Waals surface area contributed by atoms with Crippen molar-refractivity contribution in [3.05, 3.63) is 325 Å². The second-order valence-electron chi connectivity index (χ2n) is 22.0. The smallest absolute Gasteiger partial charge is 0.0725 e. The van der Waals surface area contributed by atoms with Gasteiger partial charge in [0.2, 0.25) is 0 Å². The van der Waals surface area contributed by atoms with Gasteiger partial charge in [-0.05, 0) is 183 Å². The van der Waals surface area contributed by atoms with Crippen LogP contribution < -0.4 is 4.90 Å². The fourth-order valence-electron chi connectivity index (χ4n) is 13.6. The molecule has 0 saturated carbocycles. The van der Waals surface area contributed by atoms with Crippen LogP contribution >= 0.6 is 0 Å². The highest BCUT2D eigenvalue weighted by atomic mass is 15.1. The molecule has 1 atom stereocenters. The van der Waals surface area contributed by atoms with Crippen LogP contribution in [0.3, 0.4) is 0 Å². The van der Waals surface area contributed by atoms with E-state index in [9.17, 15) is 0 Å². The van der Waals surface area contributed by atoms with Crippen LogP contribution in [0, 0.1) is 0 Å². The summed E-state index contributed by atoms with van der Waals surface area (Å²) >= 11 is 0. The molecule has 0 bridgehead atoms. The van der Waals surface area contributed by atoms with Crippen molar-refractivity contribution in [3.63, 3.8) is 0 Å². The standard InChI is InChI=1S/C78H55N/c1-4-51-15-14-18-59(47-51)61-38-45-70-67-21-10-13-24-73(67)78(76(70)49-61)72-23-12-9-20-66(72)69-44-37-60(48-75(69)78)58-31-29-54(30-32-58)53-25-27-55(28-26-53)57-35-41-63(42-36-57)79(62-39-33-56(34-40-62)52-16-6-5-7-17-52)64-43-46-68-65-19-8-11-22-71(65)77(2,3)74(68)50-64/h4-50H,1H2,2-3H3. The van der Waals surface area contributed by atoms with Gasteiger partial charge in [0, 0.05) is 22.5 Å². The Morgan fingerprint density at radius 1 is 0.266 bits per heavy atom. The zero-order valence-electron chi connectivity index (χ0n) is 44.3. The van der Waals surface area contributed by atoms with Gasteiger partial charge in [-0.25, -0.2) is 0 Å². The molecule has 79 heavy (non-hydrogen) atoms. The first-order valence-corrected chi connectivity index (χ1v) is 27.6. The Morgan fingerprint density at radius 2 is 0.608 bits per heavy atom. The molecule has 0 heterocycles. The highest BCUT2D eigenvalue weighted by Gasteiger charge is 2.52. The molecule has 0 N–H and O–H groups in total. The average Bonchev–Trinajstić information content (AvgIpc) is 3.84. The summed E-state index contributed by atoms with van der Waals surface area (Å²) in [5.74, 6) is 0. The SMILES string of the molecule is C=Cc1cccc(-c2ccc3c(c2)C2(c4ccccc4-c4ccc(-c5ccc(-c6ccc(-c7ccc(N(c8ccc(-c9ccccc9)cc8)c8ccc9c(c8)C(C)(C)c8ccccc8-9)cc7)cc6)cc5)cc42)c2ccccc2-3)c1. The van der Waals surface area contributed by atoms with Gasteiger partial charge in [-0.2, -0.15) is 0 Å². The average molecular weight is 1010 g/mol. The summed E-state index contributed by atoms with van der Waals surface area (Å²) in [5, 5.41) is 0. The minimum absolute atomic E-state index is 0.106. The van der Waals surface area contributed by atoms with Crippen molar-refractivity contribution in [1.29, 1.82) is 0 Å². The zero-order chi connectivity index (χ0) is 52.8. The molecule has 15 rings (SSSR count). The summed E-state index contributed by atoms with van der Waals surface area (Å²) in [6.07, 6.45) is 1.93. The van der Waals surface area contributed by atoms with Crippen molar-refractivity contribution in [2.45, 2.75) is 24.7 Å². The second-order valence-corrected chi connectivity index (χ2v) is 22.0. The van der Waals surface area contributed by atoms with Crippen molar-refractivity contribution in [3.8, 4) is 89.0 Å². The molecule has 1 nitrogen and oxygen atoms in total. The maximum absolute atomic E-state index is 4.06. The summed E-state index contributed by atoms with van der Waals surface area (Å²) in [6.45, 7) is 8.77. The van der Waals surface area contributed by atoms with Crippen molar-refractivity contribution in [2.24, 2.45) is 0 Å². The molecule has 1 spiro atoms. The normalized spacial score (nSPS) is 14.7. The molecule has 0 amide bonds. The molecule has 0 fully saturated rings. The van der Waals surface area contributed by atoms with E-state index in [2.05, 4.69) is 304 Å². The highest BCUT2D eigenvalue weighted by molar-refractivity contribution is 5.97. The summed E-state index contributed by atoms with van der Waals surface area (Å²) < 4.78 is 0. The van der Waals surface area contributed by atoms with Crippen LogP contribution in [0.2, 0.25) is 0 Å². The van der Waals surface area contributed by atoms with E-state index in [1.165, 1.54) is 122 Å². The lowest BCUT2D eigenvalue weighted by Gasteiger charge is -2.31. The maximum Gasteiger partial charge on any atom is 0.0725 e. The van der Waals surface area contributed by atoms with E-state index < -0.39 is 5.41 Å². The molecule has 12 aromatic rings. The molecule has 12 aromatic carbocycles. The van der Waals surface area contributed by atoms with Crippen molar-refractivity contribution in [2.75, 3.05) is 4.90 Å². The van der Waals surface area contributed by atoms with E-state index in [1.807, 2.05) is 6.08 Å². The first kappa shape index (κ1) is 46.5. The van der Waals surface area contributed by atoms with Crippen molar-refractivity contribution in [1.82, 2.24) is 0 Å². The van der Waals surface area contributed by atoms with E-state index in [0.717, 1.165) is 22.6 Å². The van der Waals surface area contributed by atoms with Gasteiger partial charge in [0.15, 0.2) is 0 Å². The Labute approximate surface area is 463 Å². The number of hydrogen-bond donors (Lipinski definition) is 0. The lowest BCUT2D eigenvalue weighted by molar-refractivity contribution is 0.660. The maximum atomic E-state index is 4.06. The third-order valence-corrected chi connectivity index (χ3v) is 17.5. The van der Waals surface area contributed by atoms with Gasteiger partial charge in [-0.15, -0.1) is 0 Å². The fourth-order valence-corrected chi connectivity index (χ4v) is 13.6. The van der Waals surface area contributed by atoms with E-state index in [1.54, 1.807) is 0 Å². The molecule has 0 radical (unpaired) electrons. The van der Waals surface area contributed by atoms with Gasteiger partial charge in [0.25, 0.3) is 0 Å². The Balaban J connectivity index is 0.735. The number of fused-ring (bicyclic) bond motifs is 13. The fraction of sp³-hybridized carbons (Fsp3) is 0.0513. The monoisotopic (exact) mass is 1010 g/mol. The molecule has 0 saturated heterocycles. The van der Waals surface area contributed by atoms with Gasteiger partial charge in [-0.3, -0.25) is 0 Å². The van der Waals surface area contributed by atoms with E-state index >= 15 is 0 Å². The van der Waals surface area contributed by atoms with E-state index in [0.29, 0.717) is 0 Å². The molecular formula is C78H55N. The Bertz CT molecular complexity index is 4360. The van der Waals surface area contributed by atoms with Gasteiger partial charge in [-0.1, -0.05) is 251 Å². The molecular weight excluding hydrogens is 951 g/mol. The summed E-state index contributed by atoms with van der Waals surface area (Å²) in [7, 11) is 0. The number of rotatable bonds is 9. The molecule has 3 aliphatic rings. The molecule has 1 unspecified atom stereocenters. The molecule has 0 aliphatic heterocycles. The molecule has 0 aromatic heterocycles. The highest BCUT2D eigenvalue weighted by Crippen LogP contribution is 2.63. The predicted octanol–water partition coefficient (Wildman–Crippen LogP) is 20.8. The number of benzene rings is 12. The second kappa shape index (κ2) is 18.2. The minimum Gasteiger partial charge on any atom is -0.310 e. The van der Waals surface area contributed by atoms with Gasteiger partial charge < -0.3 is 4.90 Å². The van der Waals surface area contributed by atoms with Gasteiger partial charge >= 0.3 is 0 Å². The lowest BCUT2D eigenvalue weighted by atomic mass is 9.70. The number of nitrogens with zero attached hydrogens (tertiary/aromatic N) is 1. The quantitative estimate of drug-likeness (QED) is 0.139. The molecule has 1 heteroatoms. The molecule has 372 valence electrons. The van der Waals surface area contributed by atoms with Crippen molar-refractivity contribution >= 4 is 23.1 Å². The Morgan fingerprint density at radius 3 is 1.13 bits per heavy atom. The van der Waals surface area contributed by atoms with Crippen LogP contribution in [0.15, 0.2) is 286 Å². The summed E-state index contributed by atoms with van der Waals surface area (Å²) in [4.78, 5) is 2.40. The van der Waals surface area contributed by atoms with Crippen LogP contribution in [-0.4, -0.2) is 0 Å². The van der Waals surface area contributed by atoms with E-state index in [-0.39, 0.29) is 5.41 Å². The van der Waals surface area contributed by atoms with E-state index in [4.69, 9.17) is 0 Å². The van der Waals surface area contributed by atoms with Gasteiger partial charge in [0.05, 0.1) is 5.41 Å². The third-order valence-electron chi connectivity index (χ3n) is 17.5. The number of anilines is 3. The lowest BCUT2D eigenvalue weighted by Crippen LogP contribution is -2.26. The minimum atomic E-state index is -0.455. The Hall–Kier alpha value is -9.82. The summed E-state index contributed by atoms with van der Waals surface area (Å²) in [6, 6.07) is 104. The first-order chi connectivity index (χ1) is 38.8. The van der Waals surface area contributed by atoms with Gasteiger partial charge in [0.1, 0.15) is 0 Å². The predicted molar refractivity (Wildman–Crippen MR) is 332 cm³/mol.